The molecular formula is C9H9ClFNO. The van der Waals surface area contributed by atoms with Crippen molar-refractivity contribution in [3.05, 3.63) is 41.2 Å². The molecule has 0 bridgehead atoms. The van der Waals surface area contributed by atoms with E-state index in [0.29, 0.717) is 5.56 Å². The second kappa shape index (κ2) is 3.77. The van der Waals surface area contributed by atoms with Crippen molar-refractivity contribution in [3.8, 4) is 5.75 Å². The van der Waals surface area contributed by atoms with E-state index < -0.39 is 11.9 Å². The molecule has 0 saturated heterocycles. The van der Waals surface area contributed by atoms with E-state index in [1.165, 1.54) is 12.1 Å². The predicted molar refractivity (Wildman–Crippen MR) is 50.2 cm³/mol. The number of nitrogens with two attached hydrogens (primary N) is 1. The molecule has 1 aromatic rings. The predicted octanol–water partition coefficient (Wildman–Crippen LogP) is 2.37. The number of benzene rings is 1. The van der Waals surface area contributed by atoms with E-state index >= 15 is 0 Å². The second-order valence-corrected chi connectivity index (χ2v) is 2.94. The van der Waals surface area contributed by atoms with Gasteiger partial charge in [0.2, 0.25) is 0 Å². The number of phenols is 1. The topological polar surface area (TPSA) is 46.2 Å². The second-order valence-electron chi connectivity index (χ2n) is 2.56. The molecule has 1 atom stereocenters. The summed E-state index contributed by atoms with van der Waals surface area (Å²) in [6.07, 6.45) is 1.43. The van der Waals surface area contributed by atoms with Gasteiger partial charge >= 0.3 is 0 Å². The minimum absolute atomic E-state index is 0.310. The molecule has 0 spiro atoms. The Bertz CT molecular complexity index is 341. The highest BCUT2D eigenvalue weighted by atomic mass is 35.5. The lowest BCUT2D eigenvalue weighted by Gasteiger charge is -2.10. The van der Waals surface area contributed by atoms with Crippen LogP contribution in [0.4, 0.5) is 4.39 Å². The first-order chi connectivity index (χ1) is 6.07. The van der Waals surface area contributed by atoms with Crippen molar-refractivity contribution < 1.29 is 9.50 Å². The van der Waals surface area contributed by atoms with Crippen LogP contribution in [0.25, 0.3) is 0 Å². The summed E-state index contributed by atoms with van der Waals surface area (Å²) in [7, 11) is 0. The van der Waals surface area contributed by atoms with Crippen molar-refractivity contribution in [3.63, 3.8) is 0 Å². The molecule has 0 heterocycles. The SMILES string of the molecule is C=C[C@H](N)c1ccc(F)c(Cl)c1O. The maximum Gasteiger partial charge on any atom is 0.145 e. The number of aromatic hydroxyl groups is 1. The van der Waals surface area contributed by atoms with Gasteiger partial charge in [0.25, 0.3) is 0 Å². The first-order valence-electron chi connectivity index (χ1n) is 3.63. The normalized spacial score (nSPS) is 12.5. The Kier molecular flexibility index (Phi) is 2.90. The monoisotopic (exact) mass is 201 g/mol. The highest BCUT2D eigenvalue weighted by Gasteiger charge is 2.13. The Morgan fingerprint density at radius 2 is 2.23 bits per heavy atom. The molecule has 13 heavy (non-hydrogen) atoms. The molecule has 0 unspecified atom stereocenters. The minimum atomic E-state index is -0.667. The van der Waals surface area contributed by atoms with Gasteiger partial charge in [-0.05, 0) is 6.07 Å². The van der Waals surface area contributed by atoms with Crippen molar-refractivity contribution in [2.45, 2.75) is 6.04 Å². The number of rotatable bonds is 2. The molecule has 0 aliphatic carbocycles. The molecule has 0 amide bonds. The summed E-state index contributed by atoms with van der Waals surface area (Å²) in [6.45, 7) is 3.46. The quantitative estimate of drug-likeness (QED) is 0.722. The third-order valence-electron chi connectivity index (χ3n) is 1.71. The molecule has 1 rings (SSSR count). The zero-order valence-corrected chi connectivity index (χ0v) is 7.55. The van der Waals surface area contributed by atoms with Crippen LogP contribution in [0, 0.1) is 5.82 Å². The van der Waals surface area contributed by atoms with Gasteiger partial charge in [0.15, 0.2) is 0 Å². The molecule has 0 aliphatic rings. The molecule has 0 aliphatic heterocycles. The molecule has 0 fully saturated rings. The van der Waals surface area contributed by atoms with Crippen molar-refractivity contribution >= 4 is 11.6 Å². The third-order valence-corrected chi connectivity index (χ3v) is 2.07. The van der Waals surface area contributed by atoms with Gasteiger partial charge in [-0.2, -0.15) is 0 Å². The number of hydrogen-bond donors (Lipinski definition) is 2. The third kappa shape index (κ3) is 1.82. The molecule has 1 aromatic carbocycles. The van der Waals surface area contributed by atoms with Gasteiger partial charge in [0.05, 0.1) is 6.04 Å². The highest BCUT2D eigenvalue weighted by Crippen LogP contribution is 2.32. The molecule has 3 N–H and O–H groups in total. The minimum Gasteiger partial charge on any atom is -0.506 e. The standard InChI is InChI=1S/C9H9ClFNO/c1-2-7(12)5-3-4-6(11)8(10)9(5)13/h2-4,7,13H,1,12H2/t7-/m0/s1. The summed E-state index contributed by atoms with van der Waals surface area (Å²) in [4.78, 5) is 0. The molecule has 2 nitrogen and oxygen atoms in total. The van der Waals surface area contributed by atoms with Crippen LogP contribution in [-0.2, 0) is 0 Å². The zero-order chi connectivity index (χ0) is 10.0. The lowest BCUT2D eigenvalue weighted by atomic mass is 10.1. The fraction of sp³-hybridized carbons (Fsp3) is 0.111. The van der Waals surface area contributed by atoms with E-state index in [1.54, 1.807) is 0 Å². The summed E-state index contributed by atoms with van der Waals surface area (Å²) >= 11 is 5.47. The van der Waals surface area contributed by atoms with Crippen LogP contribution in [0.3, 0.4) is 0 Å². The van der Waals surface area contributed by atoms with Crippen LogP contribution in [0.1, 0.15) is 11.6 Å². The summed E-state index contributed by atoms with van der Waals surface area (Å²) in [5, 5.41) is 9.07. The van der Waals surface area contributed by atoms with Gasteiger partial charge < -0.3 is 10.8 Å². The van der Waals surface area contributed by atoms with Gasteiger partial charge in [-0.25, -0.2) is 4.39 Å². The van der Waals surface area contributed by atoms with Crippen LogP contribution in [0.15, 0.2) is 24.8 Å². The van der Waals surface area contributed by atoms with Crippen molar-refractivity contribution in [2.24, 2.45) is 5.73 Å². The van der Waals surface area contributed by atoms with Crippen LogP contribution < -0.4 is 5.73 Å². The van der Waals surface area contributed by atoms with Gasteiger partial charge in [-0.3, -0.25) is 0 Å². The van der Waals surface area contributed by atoms with Gasteiger partial charge in [-0.1, -0.05) is 23.7 Å². The maximum atomic E-state index is 12.8. The molecule has 0 aromatic heterocycles. The summed E-state index contributed by atoms with van der Waals surface area (Å²) in [6, 6.07) is 1.99. The van der Waals surface area contributed by atoms with E-state index in [4.69, 9.17) is 17.3 Å². The molecule has 70 valence electrons. The Labute approximate surface area is 80.4 Å². The van der Waals surface area contributed by atoms with E-state index in [2.05, 4.69) is 6.58 Å². The zero-order valence-electron chi connectivity index (χ0n) is 6.80. The first-order valence-corrected chi connectivity index (χ1v) is 4.00. The van der Waals surface area contributed by atoms with E-state index in [1.807, 2.05) is 0 Å². The molecule has 4 heteroatoms. The molecule has 0 radical (unpaired) electrons. The fourth-order valence-corrected chi connectivity index (χ4v) is 1.12. The van der Waals surface area contributed by atoms with Crippen LogP contribution in [0.2, 0.25) is 5.02 Å². The lowest BCUT2D eigenvalue weighted by molar-refractivity contribution is 0.460. The average Bonchev–Trinajstić information content (AvgIpc) is 2.13. The number of phenolic OH excluding ortho intramolecular Hbond substituents is 1. The highest BCUT2D eigenvalue weighted by molar-refractivity contribution is 6.32. The Hall–Kier alpha value is -1.06. The van der Waals surface area contributed by atoms with E-state index in [9.17, 15) is 9.50 Å². The van der Waals surface area contributed by atoms with Crippen molar-refractivity contribution in [1.29, 1.82) is 0 Å². The van der Waals surface area contributed by atoms with Crippen LogP contribution in [-0.4, -0.2) is 5.11 Å². The number of hydrogen-bond acceptors (Lipinski definition) is 2. The Balaban J connectivity index is 3.25. The van der Waals surface area contributed by atoms with Gasteiger partial charge in [0.1, 0.15) is 16.6 Å². The van der Waals surface area contributed by atoms with Gasteiger partial charge in [0, 0.05) is 5.56 Å². The largest absolute Gasteiger partial charge is 0.506 e. The Morgan fingerprint density at radius 1 is 1.62 bits per heavy atom. The van der Waals surface area contributed by atoms with Crippen LogP contribution >= 0.6 is 11.6 Å². The first kappa shape index (κ1) is 10.0. The lowest BCUT2D eigenvalue weighted by Crippen LogP contribution is -2.06. The molecule has 0 saturated carbocycles. The van der Waals surface area contributed by atoms with E-state index in [-0.39, 0.29) is 10.8 Å². The average molecular weight is 202 g/mol. The van der Waals surface area contributed by atoms with E-state index in [0.717, 1.165) is 6.07 Å². The summed E-state index contributed by atoms with van der Waals surface area (Å²) in [5.41, 5.74) is 5.92. The van der Waals surface area contributed by atoms with Crippen molar-refractivity contribution in [2.75, 3.05) is 0 Å². The summed E-state index contributed by atoms with van der Waals surface area (Å²) < 4.78 is 12.8. The van der Waals surface area contributed by atoms with Gasteiger partial charge in [-0.15, -0.1) is 6.58 Å². The maximum absolute atomic E-state index is 12.8. The van der Waals surface area contributed by atoms with Crippen LogP contribution in [0.5, 0.6) is 5.75 Å². The smallest absolute Gasteiger partial charge is 0.145 e. The summed E-state index contributed by atoms with van der Waals surface area (Å²) in [5.74, 6) is -0.992. The van der Waals surface area contributed by atoms with Crippen molar-refractivity contribution in [1.82, 2.24) is 0 Å². The molecular weight excluding hydrogens is 193 g/mol. The number of halogens is 2. The Morgan fingerprint density at radius 3 is 2.77 bits per heavy atom. The fourth-order valence-electron chi connectivity index (χ4n) is 0.951.